The molecule has 0 radical (unpaired) electrons. The molecule has 1 fully saturated rings. The second-order valence-electron chi connectivity index (χ2n) is 1.68. The average molecular weight is 80.1 g/mol. The van der Waals surface area contributed by atoms with E-state index in [1.165, 1.54) is 12.8 Å². The van der Waals surface area contributed by atoms with Crippen LogP contribution in [0.25, 0.3) is 0 Å². The van der Waals surface area contributed by atoms with Gasteiger partial charge in [-0.15, -0.1) is 0 Å². The van der Waals surface area contributed by atoms with Crippen molar-refractivity contribution in [2.45, 2.75) is 19.8 Å². The van der Waals surface area contributed by atoms with Crippen LogP contribution in [0.1, 0.15) is 19.8 Å². The Kier molecular flexibility index (Phi) is 2.67. The molecule has 0 aromatic carbocycles. The van der Waals surface area contributed by atoms with Crippen LogP contribution in [0, 0.1) is 5.92 Å². The minimum absolute atomic E-state index is 0. The summed E-state index contributed by atoms with van der Waals surface area (Å²) in [5.41, 5.74) is 0. The summed E-state index contributed by atoms with van der Waals surface area (Å²) in [6.07, 6.45) is 2.97. The predicted molar refractivity (Wildman–Crippen MR) is 25.5 cm³/mol. The molecule has 26 valence electrons. The van der Waals surface area contributed by atoms with Crippen molar-refractivity contribution in [3.05, 3.63) is 0 Å². The van der Waals surface area contributed by atoms with Crippen molar-refractivity contribution in [3.8, 4) is 0 Å². The van der Waals surface area contributed by atoms with E-state index in [-0.39, 0.29) is 29.6 Å². The van der Waals surface area contributed by atoms with Gasteiger partial charge in [0.2, 0.25) is 0 Å². The Hall–Kier alpha value is 1.00. The van der Waals surface area contributed by atoms with E-state index in [4.69, 9.17) is 0 Å². The standard InChI is InChI=1S/C4H8.Na.H/c1-4-2-3-4;;/h4H,2-3H2,1H3;;. The van der Waals surface area contributed by atoms with Crippen molar-refractivity contribution in [2.75, 3.05) is 0 Å². The van der Waals surface area contributed by atoms with Gasteiger partial charge in [0.05, 0.1) is 0 Å². The first-order valence-corrected chi connectivity index (χ1v) is 1.89. The first-order valence-electron chi connectivity index (χ1n) is 1.89. The van der Waals surface area contributed by atoms with Gasteiger partial charge in [0.15, 0.2) is 0 Å². The van der Waals surface area contributed by atoms with E-state index < -0.39 is 0 Å². The molecule has 1 aliphatic rings. The van der Waals surface area contributed by atoms with E-state index in [0.717, 1.165) is 5.92 Å². The number of hydrogen-bond donors (Lipinski definition) is 0. The van der Waals surface area contributed by atoms with Gasteiger partial charge in [-0.25, -0.2) is 0 Å². The third-order valence-corrected chi connectivity index (χ3v) is 0.866. The van der Waals surface area contributed by atoms with E-state index in [2.05, 4.69) is 6.92 Å². The van der Waals surface area contributed by atoms with E-state index >= 15 is 0 Å². The molecule has 0 N–H and O–H groups in total. The Bertz CT molecular complexity index is 22.8. The molecule has 0 bridgehead atoms. The zero-order valence-electron chi connectivity index (χ0n) is 2.99. The summed E-state index contributed by atoms with van der Waals surface area (Å²) in [6.45, 7) is 2.28. The van der Waals surface area contributed by atoms with Gasteiger partial charge in [-0.05, 0) is 5.92 Å². The molecule has 0 unspecified atom stereocenters. The first-order chi connectivity index (χ1) is 1.89. The monoisotopic (exact) mass is 80.1 g/mol. The van der Waals surface area contributed by atoms with Crippen molar-refractivity contribution in [3.63, 3.8) is 0 Å². The van der Waals surface area contributed by atoms with Crippen LogP contribution in [0.5, 0.6) is 0 Å². The van der Waals surface area contributed by atoms with E-state index in [0.29, 0.717) is 0 Å². The van der Waals surface area contributed by atoms with Gasteiger partial charge in [-0.2, -0.15) is 0 Å². The quantitative estimate of drug-likeness (QED) is 0.377. The Labute approximate surface area is 55.2 Å². The molecular formula is C4H9Na. The summed E-state index contributed by atoms with van der Waals surface area (Å²) in [7, 11) is 0. The minimum atomic E-state index is 0. The zero-order valence-corrected chi connectivity index (χ0v) is 2.99. The fourth-order valence-corrected chi connectivity index (χ4v) is 0.167. The fraction of sp³-hybridized carbons (Fsp3) is 1.00. The molecule has 1 heteroatoms. The molecule has 0 heterocycles. The van der Waals surface area contributed by atoms with Gasteiger partial charge in [0.1, 0.15) is 0 Å². The number of rotatable bonds is 0. The van der Waals surface area contributed by atoms with Gasteiger partial charge in [-0.1, -0.05) is 19.8 Å². The third kappa shape index (κ3) is 2.81. The molecule has 0 aromatic heterocycles. The Morgan fingerprint density at radius 1 is 1.40 bits per heavy atom. The molecule has 0 saturated heterocycles. The molecule has 1 rings (SSSR count). The van der Waals surface area contributed by atoms with Gasteiger partial charge in [0.25, 0.3) is 0 Å². The maximum atomic E-state index is 2.28. The molecule has 0 amide bonds. The van der Waals surface area contributed by atoms with Crippen molar-refractivity contribution >= 4 is 29.6 Å². The first kappa shape index (κ1) is 6.00. The van der Waals surface area contributed by atoms with Crippen LogP contribution in [0.4, 0.5) is 0 Å². The SMILES string of the molecule is CC1CC1.[NaH]. The molecule has 0 aromatic rings. The van der Waals surface area contributed by atoms with Gasteiger partial charge in [0, 0.05) is 0 Å². The average Bonchev–Trinajstić information content (AvgIpc) is 1.75. The summed E-state index contributed by atoms with van der Waals surface area (Å²) < 4.78 is 0. The summed E-state index contributed by atoms with van der Waals surface area (Å²) in [5, 5.41) is 0. The summed E-state index contributed by atoms with van der Waals surface area (Å²) in [6, 6.07) is 0. The Balaban J connectivity index is 0.000000160. The molecule has 5 heavy (non-hydrogen) atoms. The number of hydrogen-bond acceptors (Lipinski definition) is 0. The molecule has 0 spiro atoms. The topological polar surface area (TPSA) is 0 Å². The molecule has 1 saturated carbocycles. The zero-order chi connectivity index (χ0) is 2.99. The van der Waals surface area contributed by atoms with Crippen LogP contribution in [0.15, 0.2) is 0 Å². The normalized spacial score (nSPS) is 21.0. The molecule has 1 aliphatic carbocycles. The van der Waals surface area contributed by atoms with Crippen LogP contribution in [0.3, 0.4) is 0 Å². The molecule has 0 aliphatic heterocycles. The molecule has 0 nitrogen and oxygen atoms in total. The van der Waals surface area contributed by atoms with Crippen molar-refractivity contribution < 1.29 is 0 Å². The van der Waals surface area contributed by atoms with Crippen LogP contribution in [-0.4, -0.2) is 29.6 Å². The Morgan fingerprint density at radius 3 is 1.60 bits per heavy atom. The maximum absolute atomic E-state index is 2.28. The van der Waals surface area contributed by atoms with Crippen LogP contribution in [0.2, 0.25) is 0 Å². The van der Waals surface area contributed by atoms with Crippen LogP contribution < -0.4 is 0 Å². The second kappa shape index (κ2) is 2.22. The Morgan fingerprint density at radius 2 is 1.60 bits per heavy atom. The molecule has 0 atom stereocenters. The van der Waals surface area contributed by atoms with Gasteiger partial charge < -0.3 is 0 Å². The molecular weight excluding hydrogens is 71.0 g/mol. The van der Waals surface area contributed by atoms with Crippen LogP contribution >= 0.6 is 0 Å². The van der Waals surface area contributed by atoms with Gasteiger partial charge >= 0.3 is 29.6 Å². The second-order valence-corrected chi connectivity index (χ2v) is 1.68. The third-order valence-electron chi connectivity index (χ3n) is 0.866. The van der Waals surface area contributed by atoms with Crippen LogP contribution in [-0.2, 0) is 0 Å². The summed E-state index contributed by atoms with van der Waals surface area (Å²) in [4.78, 5) is 0. The summed E-state index contributed by atoms with van der Waals surface area (Å²) in [5.74, 6) is 1.08. The van der Waals surface area contributed by atoms with Gasteiger partial charge in [-0.3, -0.25) is 0 Å². The fourth-order valence-electron chi connectivity index (χ4n) is 0.167. The van der Waals surface area contributed by atoms with E-state index in [1.54, 1.807) is 0 Å². The van der Waals surface area contributed by atoms with E-state index in [9.17, 15) is 0 Å². The van der Waals surface area contributed by atoms with Crippen molar-refractivity contribution in [2.24, 2.45) is 5.92 Å². The van der Waals surface area contributed by atoms with Crippen molar-refractivity contribution in [1.82, 2.24) is 0 Å². The van der Waals surface area contributed by atoms with E-state index in [1.807, 2.05) is 0 Å². The predicted octanol–water partition coefficient (Wildman–Crippen LogP) is 0.768. The summed E-state index contributed by atoms with van der Waals surface area (Å²) >= 11 is 0. The van der Waals surface area contributed by atoms with Crippen molar-refractivity contribution in [1.29, 1.82) is 0 Å².